The fraction of sp³-hybridized carbons (Fsp3) is 0.455. The second-order valence-electron chi connectivity index (χ2n) is 8.09. The van der Waals surface area contributed by atoms with E-state index in [4.69, 9.17) is 11.6 Å². The number of nitrogens with one attached hydrogen (secondary N) is 1. The number of carbonyl (C=O) groups excluding carboxylic acids is 2. The Morgan fingerprint density at radius 2 is 1.70 bits per heavy atom. The van der Waals surface area contributed by atoms with Crippen LogP contribution in [0.5, 0.6) is 0 Å². The number of aromatic nitrogens is 2. The van der Waals surface area contributed by atoms with Crippen LogP contribution in [-0.2, 0) is 9.59 Å². The van der Waals surface area contributed by atoms with Gasteiger partial charge < -0.3 is 10.2 Å². The van der Waals surface area contributed by atoms with Gasteiger partial charge in [0, 0.05) is 29.5 Å². The summed E-state index contributed by atoms with van der Waals surface area (Å²) in [6.07, 6.45) is 2.19. The van der Waals surface area contributed by atoms with Gasteiger partial charge in [0.15, 0.2) is 0 Å². The van der Waals surface area contributed by atoms with Crippen molar-refractivity contribution in [1.82, 2.24) is 15.3 Å². The predicted octanol–water partition coefficient (Wildman–Crippen LogP) is 2.88. The summed E-state index contributed by atoms with van der Waals surface area (Å²) < 4.78 is 0. The highest BCUT2D eigenvalue weighted by Gasteiger charge is 2.39. The molecule has 0 aliphatic carbocycles. The van der Waals surface area contributed by atoms with Crippen LogP contribution in [0.15, 0.2) is 30.3 Å². The lowest BCUT2D eigenvalue weighted by molar-refractivity contribution is -0.121. The Kier molecular flexibility index (Phi) is 6.01. The minimum atomic E-state index is -0.464. The number of piperidine rings is 1. The largest absolute Gasteiger partial charge is 0.341 e. The maximum absolute atomic E-state index is 12.8. The van der Waals surface area contributed by atoms with E-state index >= 15 is 0 Å². The van der Waals surface area contributed by atoms with Gasteiger partial charge in [-0.3, -0.25) is 9.59 Å². The molecule has 2 aromatic rings. The summed E-state index contributed by atoms with van der Waals surface area (Å²) in [6, 6.07) is 8.29. The summed E-state index contributed by atoms with van der Waals surface area (Å²) in [7, 11) is 0. The van der Waals surface area contributed by atoms with Gasteiger partial charge in [-0.25, -0.2) is 14.9 Å². The quantitative estimate of drug-likeness (QED) is 0.739. The van der Waals surface area contributed by atoms with E-state index in [1.165, 1.54) is 4.90 Å². The smallest absolute Gasteiger partial charge is 0.251 e. The van der Waals surface area contributed by atoms with Crippen LogP contribution in [0.25, 0.3) is 0 Å². The Balaban J connectivity index is 1.30. The van der Waals surface area contributed by atoms with Crippen molar-refractivity contribution in [3.05, 3.63) is 46.7 Å². The Bertz CT molecular complexity index is 921. The molecule has 30 heavy (non-hydrogen) atoms. The van der Waals surface area contributed by atoms with Crippen molar-refractivity contribution in [3.63, 3.8) is 0 Å². The minimum Gasteiger partial charge on any atom is -0.341 e. The summed E-state index contributed by atoms with van der Waals surface area (Å²) >= 11 is 5.91. The number of carbonyl (C=O) groups is 2. The third-order valence-corrected chi connectivity index (χ3v) is 6.00. The Morgan fingerprint density at radius 3 is 2.33 bits per heavy atom. The van der Waals surface area contributed by atoms with Crippen molar-refractivity contribution in [2.75, 3.05) is 29.4 Å². The van der Waals surface area contributed by atoms with Crippen molar-refractivity contribution >= 4 is 35.1 Å². The first-order valence-corrected chi connectivity index (χ1v) is 10.7. The highest BCUT2D eigenvalue weighted by Crippen LogP contribution is 2.25. The fourth-order valence-electron chi connectivity index (χ4n) is 4.15. The number of nitrogens with zero attached hydrogens (tertiary/aromatic N) is 4. The molecule has 2 aliphatic rings. The van der Waals surface area contributed by atoms with E-state index < -0.39 is 6.04 Å². The number of rotatable bonds is 5. The van der Waals surface area contributed by atoms with E-state index in [2.05, 4.69) is 20.2 Å². The lowest BCUT2D eigenvalue weighted by Gasteiger charge is -2.32. The van der Waals surface area contributed by atoms with Crippen LogP contribution in [0.4, 0.5) is 11.6 Å². The molecule has 2 fully saturated rings. The molecule has 3 heterocycles. The Morgan fingerprint density at radius 1 is 1.07 bits per heavy atom. The molecule has 1 N–H and O–H groups in total. The number of halogens is 1. The van der Waals surface area contributed by atoms with E-state index in [9.17, 15) is 9.59 Å². The lowest BCUT2D eigenvalue weighted by atomic mass is 9.96. The van der Waals surface area contributed by atoms with E-state index in [-0.39, 0.29) is 18.2 Å². The highest BCUT2D eigenvalue weighted by molar-refractivity contribution is 6.30. The number of imide groups is 1. The van der Waals surface area contributed by atoms with Crippen molar-refractivity contribution < 1.29 is 9.59 Å². The number of hydrogen-bond donors (Lipinski definition) is 1. The molecule has 8 heteroatoms. The molecule has 1 aromatic carbocycles. The molecular weight excluding hydrogens is 402 g/mol. The average Bonchev–Trinajstić information content (AvgIpc) is 3.00. The maximum Gasteiger partial charge on any atom is 0.251 e. The summed E-state index contributed by atoms with van der Waals surface area (Å²) in [5.41, 5.74) is 2.53. The van der Waals surface area contributed by atoms with Gasteiger partial charge in [-0.2, -0.15) is 0 Å². The maximum atomic E-state index is 12.8. The van der Waals surface area contributed by atoms with Gasteiger partial charge in [0.05, 0.1) is 18.2 Å². The number of anilines is 2. The zero-order chi connectivity index (χ0) is 21.3. The molecule has 7 nitrogen and oxygen atoms in total. The molecule has 158 valence electrons. The summed E-state index contributed by atoms with van der Waals surface area (Å²) in [5.74, 6) is 0.888. The van der Waals surface area contributed by atoms with E-state index in [0.29, 0.717) is 16.6 Å². The summed E-state index contributed by atoms with van der Waals surface area (Å²) in [6.45, 7) is 6.48. The molecule has 0 unspecified atom stereocenters. The molecular formula is C22H26ClN5O2. The molecule has 4 rings (SSSR count). The monoisotopic (exact) mass is 427 g/mol. The van der Waals surface area contributed by atoms with E-state index in [1.54, 1.807) is 24.3 Å². The first-order valence-electron chi connectivity index (χ1n) is 10.3. The van der Waals surface area contributed by atoms with Crippen molar-refractivity contribution in [3.8, 4) is 0 Å². The topological polar surface area (TPSA) is 78.4 Å². The van der Waals surface area contributed by atoms with Crippen LogP contribution in [-0.4, -0.2) is 47.5 Å². The molecule has 0 radical (unpaired) electrons. The number of aryl methyl sites for hydroxylation is 2. The summed E-state index contributed by atoms with van der Waals surface area (Å²) in [5, 5.41) is 3.90. The second-order valence-corrected chi connectivity index (χ2v) is 8.53. The van der Waals surface area contributed by atoms with Crippen LogP contribution >= 0.6 is 11.6 Å². The van der Waals surface area contributed by atoms with Gasteiger partial charge in [0.1, 0.15) is 0 Å². The van der Waals surface area contributed by atoms with Crippen LogP contribution < -0.4 is 15.1 Å². The SMILES string of the molecule is Cc1cc(C)nc(N2CCC(CN[C@@H]3CC(=O)N(c4ccc(Cl)cc4)C3=O)CC2)n1. The number of amides is 2. The van der Waals surface area contributed by atoms with Crippen molar-refractivity contribution in [1.29, 1.82) is 0 Å². The van der Waals surface area contributed by atoms with Crippen LogP contribution in [0.3, 0.4) is 0 Å². The standard InChI is InChI=1S/C22H26ClN5O2/c1-14-11-15(2)26-22(25-14)27-9-7-16(8-10-27)13-24-19-12-20(29)28(21(19)30)18-5-3-17(23)4-6-18/h3-6,11,16,19,24H,7-10,12-13H2,1-2H3/t19-/m1/s1. The molecule has 1 aromatic heterocycles. The molecule has 0 saturated carbocycles. The predicted molar refractivity (Wildman–Crippen MR) is 117 cm³/mol. The van der Waals surface area contributed by atoms with Crippen molar-refractivity contribution in [2.45, 2.75) is 39.2 Å². The van der Waals surface area contributed by atoms with Gasteiger partial charge in [-0.15, -0.1) is 0 Å². The van der Waals surface area contributed by atoms with Crippen LogP contribution in [0.1, 0.15) is 30.7 Å². The van der Waals surface area contributed by atoms with Gasteiger partial charge in [0.2, 0.25) is 11.9 Å². The third-order valence-electron chi connectivity index (χ3n) is 5.75. The zero-order valence-corrected chi connectivity index (χ0v) is 18.0. The fourth-order valence-corrected chi connectivity index (χ4v) is 4.27. The van der Waals surface area contributed by atoms with Gasteiger partial charge in [0.25, 0.3) is 5.91 Å². The molecule has 2 amide bonds. The minimum absolute atomic E-state index is 0.179. The molecule has 0 spiro atoms. The van der Waals surface area contributed by atoms with Gasteiger partial charge in [-0.05, 0) is 69.5 Å². The molecule has 0 bridgehead atoms. The van der Waals surface area contributed by atoms with Crippen LogP contribution in [0.2, 0.25) is 5.02 Å². The van der Waals surface area contributed by atoms with Gasteiger partial charge in [-0.1, -0.05) is 11.6 Å². The van der Waals surface area contributed by atoms with Crippen molar-refractivity contribution in [2.24, 2.45) is 5.92 Å². The normalized spacial score (nSPS) is 20.3. The molecule has 1 atom stereocenters. The van der Waals surface area contributed by atoms with E-state index in [1.807, 2.05) is 19.9 Å². The first kappa shape index (κ1) is 20.8. The highest BCUT2D eigenvalue weighted by atomic mass is 35.5. The molecule has 2 aliphatic heterocycles. The number of benzene rings is 1. The Hall–Kier alpha value is -2.51. The second kappa shape index (κ2) is 8.70. The molecule has 2 saturated heterocycles. The first-order chi connectivity index (χ1) is 14.4. The number of hydrogen-bond acceptors (Lipinski definition) is 6. The van der Waals surface area contributed by atoms with E-state index in [0.717, 1.165) is 49.8 Å². The van der Waals surface area contributed by atoms with Gasteiger partial charge >= 0.3 is 0 Å². The third kappa shape index (κ3) is 4.47. The van der Waals surface area contributed by atoms with Crippen LogP contribution in [0, 0.1) is 19.8 Å². The summed E-state index contributed by atoms with van der Waals surface area (Å²) in [4.78, 5) is 37.8. The lowest BCUT2D eigenvalue weighted by Crippen LogP contribution is -2.43. The average molecular weight is 428 g/mol. The Labute approximate surface area is 181 Å². The zero-order valence-electron chi connectivity index (χ0n) is 17.3.